The molecule has 5 nitrogen and oxygen atoms in total. The third kappa shape index (κ3) is 5.27. The Morgan fingerprint density at radius 1 is 1.14 bits per heavy atom. The number of thiazole rings is 1. The zero-order valence-electron chi connectivity index (χ0n) is 15.7. The van der Waals surface area contributed by atoms with Gasteiger partial charge in [-0.25, -0.2) is 15.0 Å². The van der Waals surface area contributed by atoms with Gasteiger partial charge in [-0.05, 0) is 23.6 Å². The standard InChI is InChI=1S/C20H23N5S.2ClH/c1-2-15-4-6-16(7-5-15)18-12-21-10-11-25(18)13-17-14-26-20(24-17)19-22-8-3-9-23-19;;/h3-9,14,18,21H,2,10-13H2,1H3;2*1H. The number of piperazine rings is 1. The molecule has 150 valence electrons. The molecule has 1 atom stereocenters. The highest BCUT2D eigenvalue weighted by Crippen LogP contribution is 2.26. The number of halogens is 2. The first-order valence-electron chi connectivity index (χ1n) is 9.09. The molecule has 0 aliphatic carbocycles. The van der Waals surface area contributed by atoms with Gasteiger partial charge in [0, 0.05) is 50.0 Å². The third-order valence-corrected chi connectivity index (χ3v) is 5.69. The van der Waals surface area contributed by atoms with Gasteiger partial charge in [0.2, 0.25) is 0 Å². The molecule has 1 aliphatic rings. The lowest BCUT2D eigenvalue weighted by molar-refractivity contribution is 0.152. The summed E-state index contributed by atoms with van der Waals surface area (Å²) in [5.41, 5.74) is 3.85. The molecule has 0 radical (unpaired) electrons. The van der Waals surface area contributed by atoms with Gasteiger partial charge >= 0.3 is 0 Å². The highest BCUT2D eigenvalue weighted by molar-refractivity contribution is 7.13. The van der Waals surface area contributed by atoms with Gasteiger partial charge in [-0.3, -0.25) is 4.90 Å². The molecule has 1 fully saturated rings. The third-order valence-electron chi connectivity index (χ3n) is 4.80. The molecule has 4 rings (SSSR count). The molecular weight excluding hydrogens is 413 g/mol. The van der Waals surface area contributed by atoms with E-state index in [4.69, 9.17) is 4.98 Å². The zero-order valence-corrected chi connectivity index (χ0v) is 18.2. The first-order valence-corrected chi connectivity index (χ1v) is 9.97. The first-order chi connectivity index (χ1) is 12.8. The number of hydrogen-bond acceptors (Lipinski definition) is 6. The number of hydrogen-bond donors (Lipinski definition) is 1. The van der Waals surface area contributed by atoms with Gasteiger partial charge in [-0.15, -0.1) is 36.2 Å². The van der Waals surface area contributed by atoms with Crippen LogP contribution in [0, 0.1) is 0 Å². The average molecular weight is 438 g/mol. The van der Waals surface area contributed by atoms with Crippen molar-refractivity contribution in [3.63, 3.8) is 0 Å². The van der Waals surface area contributed by atoms with Crippen LogP contribution in [0.5, 0.6) is 0 Å². The molecule has 1 N–H and O–H groups in total. The van der Waals surface area contributed by atoms with E-state index in [-0.39, 0.29) is 24.8 Å². The summed E-state index contributed by atoms with van der Waals surface area (Å²) in [4.78, 5) is 15.9. The minimum absolute atomic E-state index is 0. The second-order valence-electron chi connectivity index (χ2n) is 6.50. The largest absolute Gasteiger partial charge is 0.314 e. The minimum atomic E-state index is 0. The Hall–Kier alpha value is -1.57. The van der Waals surface area contributed by atoms with Crippen molar-refractivity contribution in [1.82, 2.24) is 25.2 Å². The fourth-order valence-corrected chi connectivity index (χ4v) is 4.10. The summed E-state index contributed by atoms with van der Waals surface area (Å²) >= 11 is 1.61. The number of rotatable bonds is 5. The Morgan fingerprint density at radius 2 is 1.89 bits per heavy atom. The molecular formula is C20H25Cl2N5S. The van der Waals surface area contributed by atoms with Crippen LogP contribution >= 0.6 is 36.2 Å². The molecule has 0 spiro atoms. The second-order valence-corrected chi connectivity index (χ2v) is 7.36. The van der Waals surface area contributed by atoms with E-state index >= 15 is 0 Å². The van der Waals surface area contributed by atoms with E-state index in [9.17, 15) is 0 Å². The predicted octanol–water partition coefficient (Wildman–Crippen LogP) is 4.15. The lowest BCUT2D eigenvalue weighted by atomic mass is 10.0. The number of aromatic nitrogens is 3. The van der Waals surface area contributed by atoms with Gasteiger partial charge in [0.25, 0.3) is 0 Å². The fraction of sp³-hybridized carbons (Fsp3) is 0.350. The maximum absolute atomic E-state index is 4.76. The molecule has 1 saturated heterocycles. The van der Waals surface area contributed by atoms with Crippen LogP contribution in [0.1, 0.15) is 29.8 Å². The van der Waals surface area contributed by atoms with Crippen LogP contribution < -0.4 is 5.32 Å². The lowest BCUT2D eigenvalue weighted by Gasteiger charge is -2.36. The molecule has 1 aliphatic heterocycles. The second kappa shape index (κ2) is 10.8. The number of benzene rings is 1. The summed E-state index contributed by atoms with van der Waals surface area (Å²) in [6.07, 6.45) is 4.60. The van der Waals surface area contributed by atoms with E-state index in [1.807, 2.05) is 6.07 Å². The van der Waals surface area contributed by atoms with Crippen LogP contribution in [0.3, 0.4) is 0 Å². The maximum atomic E-state index is 4.76. The van der Waals surface area contributed by atoms with E-state index in [1.54, 1.807) is 23.7 Å². The molecule has 28 heavy (non-hydrogen) atoms. The van der Waals surface area contributed by atoms with Gasteiger partial charge < -0.3 is 5.32 Å². The molecule has 3 aromatic rings. The van der Waals surface area contributed by atoms with Crippen molar-refractivity contribution in [1.29, 1.82) is 0 Å². The topological polar surface area (TPSA) is 53.9 Å². The van der Waals surface area contributed by atoms with Gasteiger partial charge in [0.15, 0.2) is 10.8 Å². The van der Waals surface area contributed by atoms with E-state index in [1.165, 1.54) is 11.1 Å². The van der Waals surface area contributed by atoms with Crippen LogP contribution in [-0.4, -0.2) is 39.5 Å². The predicted molar refractivity (Wildman–Crippen MR) is 119 cm³/mol. The van der Waals surface area contributed by atoms with Crippen molar-refractivity contribution in [3.05, 3.63) is 64.9 Å². The number of nitrogens with one attached hydrogen (secondary N) is 1. The normalized spacial score (nSPS) is 16.8. The molecule has 2 aromatic heterocycles. The monoisotopic (exact) mass is 437 g/mol. The average Bonchev–Trinajstić information content (AvgIpc) is 3.18. The van der Waals surface area contributed by atoms with Crippen LogP contribution in [0.15, 0.2) is 48.1 Å². The highest BCUT2D eigenvalue weighted by atomic mass is 35.5. The molecule has 1 unspecified atom stereocenters. The molecule has 0 amide bonds. The van der Waals surface area contributed by atoms with Crippen molar-refractivity contribution in [2.75, 3.05) is 19.6 Å². The van der Waals surface area contributed by atoms with Crippen LogP contribution in [0.2, 0.25) is 0 Å². The summed E-state index contributed by atoms with van der Waals surface area (Å²) in [6.45, 7) is 6.06. The number of aryl methyl sites for hydroxylation is 1. The summed E-state index contributed by atoms with van der Waals surface area (Å²) in [5, 5.41) is 6.55. The van der Waals surface area contributed by atoms with Crippen molar-refractivity contribution in [2.45, 2.75) is 25.9 Å². The quantitative estimate of drug-likeness (QED) is 0.649. The SMILES string of the molecule is CCc1ccc(C2CNCCN2Cc2csc(-c3ncccn3)n2)cc1.Cl.Cl. The minimum Gasteiger partial charge on any atom is -0.314 e. The summed E-state index contributed by atoms with van der Waals surface area (Å²) < 4.78 is 0. The van der Waals surface area contributed by atoms with Gasteiger partial charge in [0.05, 0.1) is 5.69 Å². The van der Waals surface area contributed by atoms with Gasteiger partial charge in [-0.1, -0.05) is 31.2 Å². The summed E-state index contributed by atoms with van der Waals surface area (Å²) in [5.74, 6) is 0.704. The van der Waals surface area contributed by atoms with E-state index in [2.05, 4.69) is 56.8 Å². The van der Waals surface area contributed by atoms with Crippen molar-refractivity contribution in [3.8, 4) is 10.8 Å². The summed E-state index contributed by atoms with van der Waals surface area (Å²) in [7, 11) is 0. The molecule has 0 saturated carbocycles. The Balaban J connectivity index is 0.00000140. The Kier molecular flexibility index (Phi) is 8.79. The smallest absolute Gasteiger partial charge is 0.188 e. The van der Waals surface area contributed by atoms with Crippen LogP contribution in [0.4, 0.5) is 0 Å². The van der Waals surface area contributed by atoms with Crippen molar-refractivity contribution >= 4 is 36.2 Å². The van der Waals surface area contributed by atoms with E-state index in [0.717, 1.165) is 43.3 Å². The van der Waals surface area contributed by atoms with E-state index in [0.29, 0.717) is 11.9 Å². The number of nitrogens with zero attached hydrogens (tertiary/aromatic N) is 4. The van der Waals surface area contributed by atoms with Crippen LogP contribution in [0.25, 0.3) is 10.8 Å². The lowest BCUT2D eigenvalue weighted by Crippen LogP contribution is -2.45. The van der Waals surface area contributed by atoms with E-state index < -0.39 is 0 Å². The Labute approximate surface area is 182 Å². The molecule has 0 bridgehead atoms. The zero-order chi connectivity index (χ0) is 17.8. The fourth-order valence-electron chi connectivity index (χ4n) is 3.34. The van der Waals surface area contributed by atoms with Crippen LogP contribution in [-0.2, 0) is 13.0 Å². The van der Waals surface area contributed by atoms with Crippen molar-refractivity contribution < 1.29 is 0 Å². The molecule has 3 heterocycles. The van der Waals surface area contributed by atoms with Crippen molar-refractivity contribution in [2.24, 2.45) is 0 Å². The molecule has 1 aromatic carbocycles. The highest BCUT2D eigenvalue weighted by Gasteiger charge is 2.24. The molecule has 8 heteroatoms. The Morgan fingerprint density at radius 3 is 2.61 bits per heavy atom. The van der Waals surface area contributed by atoms with Gasteiger partial charge in [-0.2, -0.15) is 0 Å². The first kappa shape index (κ1) is 22.7. The summed E-state index contributed by atoms with van der Waals surface area (Å²) in [6, 6.07) is 11.2. The maximum Gasteiger partial charge on any atom is 0.188 e. The van der Waals surface area contributed by atoms with Gasteiger partial charge in [0.1, 0.15) is 0 Å². The Bertz CT molecular complexity index is 841.